The number of benzene rings is 3. The van der Waals surface area contributed by atoms with Crippen LogP contribution in [-0.4, -0.2) is 11.8 Å². The highest BCUT2D eigenvalue weighted by atomic mass is 127. The molecule has 0 spiro atoms. The van der Waals surface area contributed by atoms with Gasteiger partial charge in [-0.1, -0.05) is 11.6 Å². The fourth-order valence-corrected chi connectivity index (χ4v) is 5.86. The smallest absolute Gasteiger partial charge is 0.348 e. The normalized spacial score (nSPS) is 14.6. The molecular formula is C27H21F6IN2O2. The molecule has 200 valence electrons. The number of nitrogens with zero attached hydrogens (tertiary/aromatic N) is 1. The van der Waals surface area contributed by atoms with Crippen LogP contribution in [0.25, 0.3) is 0 Å². The summed E-state index contributed by atoms with van der Waals surface area (Å²) in [6.07, 6.45) is -4.56. The maximum atomic E-state index is 14.0. The van der Waals surface area contributed by atoms with Gasteiger partial charge in [0.15, 0.2) is 0 Å². The average Bonchev–Trinajstić information content (AvgIpc) is 2.98. The molecule has 0 radical (unpaired) electrons. The number of alkyl halides is 3. The monoisotopic (exact) mass is 646 g/mol. The van der Waals surface area contributed by atoms with Crippen molar-refractivity contribution in [2.75, 3.05) is 4.90 Å². The van der Waals surface area contributed by atoms with E-state index in [-0.39, 0.29) is 23.6 Å². The van der Waals surface area contributed by atoms with E-state index in [0.717, 1.165) is 12.1 Å². The Hall–Kier alpha value is -3.09. The molecule has 1 heterocycles. The molecule has 0 fully saturated rings. The molecule has 0 unspecified atom stereocenters. The zero-order valence-corrected chi connectivity index (χ0v) is 22.5. The molecule has 1 aliphatic heterocycles. The van der Waals surface area contributed by atoms with Gasteiger partial charge in [0.05, 0.1) is 23.2 Å². The third-order valence-electron chi connectivity index (χ3n) is 6.36. The molecule has 3 aromatic carbocycles. The Morgan fingerprint density at radius 1 is 1.00 bits per heavy atom. The lowest BCUT2D eigenvalue weighted by molar-refractivity contribution is -0.137. The Labute approximate surface area is 228 Å². The second kappa shape index (κ2) is 9.90. The van der Waals surface area contributed by atoms with Gasteiger partial charge in [0.25, 0.3) is 5.91 Å². The lowest BCUT2D eigenvalue weighted by atomic mass is 9.86. The minimum atomic E-state index is -4.56. The number of nitrogens with one attached hydrogen (secondary N) is 1. The van der Waals surface area contributed by atoms with Crippen molar-refractivity contribution in [1.29, 1.82) is 0 Å². The van der Waals surface area contributed by atoms with Gasteiger partial charge in [-0.05, 0) is 73.2 Å². The van der Waals surface area contributed by atoms with E-state index in [1.165, 1.54) is 24.0 Å². The van der Waals surface area contributed by atoms with Crippen LogP contribution in [0.5, 0.6) is 0 Å². The minimum absolute atomic E-state index is 0.0757. The van der Waals surface area contributed by atoms with Crippen molar-refractivity contribution in [3.63, 3.8) is 0 Å². The fraction of sp³-hybridized carbons (Fsp3) is 0.259. The van der Waals surface area contributed by atoms with Gasteiger partial charge < -0.3 is 10.2 Å². The third kappa shape index (κ3) is 5.25. The number of carbonyl (C=O) groups is 2. The van der Waals surface area contributed by atoms with Gasteiger partial charge in [-0.2, -0.15) is 13.2 Å². The Kier molecular flexibility index (Phi) is 7.28. The number of aryl methyl sites for hydroxylation is 1. The lowest BCUT2D eigenvalue weighted by Gasteiger charge is -2.21. The highest BCUT2D eigenvalue weighted by Gasteiger charge is 2.46. The number of hydrogen-bond donors (Lipinski definition) is 1. The Morgan fingerprint density at radius 2 is 1.63 bits per heavy atom. The van der Waals surface area contributed by atoms with E-state index in [9.17, 15) is 35.9 Å². The van der Waals surface area contributed by atoms with E-state index in [1.807, 2.05) is 22.6 Å². The number of halogens is 7. The van der Waals surface area contributed by atoms with Crippen LogP contribution in [0.15, 0.2) is 42.5 Å². The standard InChI is InChI=1S/C27H21F6IN2O2/c1-13-4-14(6-16(5-13)27(31,32)33)12-36-22-8-15(7-21(34)23(22)26(2,3)25(36)38)24(37)35-11-18-19(29)9-17(28)10-20(18)30/h4-10H,11-12H2,1-3H3,(H,35,37). The van der Waals surface area contributed by atoms with Crippen molar-refractivity contribution in [3.8, 4) is 0 Å². The lowest BCUT2D eigenvalue weighted by Crippen LogP contribution is -2.36. The molecule has 0 aliphatic carbocycles. The Balaban J connectivity index is 1.68. The van der Waals surface area contributed by atoms with Crippen molar-refractivity contribution in [3.05, 3.63) is 96.9 Å². The molecule has 4 nitrogen and oxygen atoms in total. The number of hydrogen-bond acceptors (Lipinski definition) is 2. The summed E-state index contributed by atoms with van der Waals surface area (Å²) in [5, 5.41) is 2.39. The van der Waals surface area contributed by atoms with Crippen molar-refractivity contribution in [2.24, 2.45) is 0 Å². The van der Waals surface area contributed by atoms with Gasteiger partial charge in [-0.25, -0.2) is 13.2 Å². The summed E-state index contributed by atoms with van der Waals surface area (Å²) in [4.78, 5) is 27.6. The average molecular weight is 646 g/mol. The summed E-state index contributed by atoms with van der Waals surface area (Å²) in [7, 11) is 0. The Bertz CT molecular complexity index is 1450. The highest BCUT2D eigenvalue weighted by molar-refractivity contribution is 14.1. The fourth-order valence-electron chi connectivity index (χ4n) is 4.58. The van der Waals surface area contributed by atoms with Crippen LogP contribution in [-0.2, 0) is 29.5 Å². The molecule has 0 saturated carbocycles. The van der Waals surface area contributed by atoms with Gasteiger partial charge in [0.2, 0.25) is 5.91 Å². The molecule has 0 bridgehead atoms. The summed E-state index contributed by atoms with van der Waals surface area (Å²) in [6.45, 7) is 4.19. The first-order chi connectivity index (χ1) is 17.6. The van der Waals surface area contributed by atoms with Crippen LogP contribution in [0.2, 0.25) is 0 Å². The number of fused-ring (bicyclic) bond motifs is 1. The predicted molar refractivity (Wildman–Crippen MR) is 137 cm³/mol. The molecule has 2 amide bonds. The molecule has 38 heavy (non-hydrogen) atoms. The van der Waals surface area contributed by atoms with E-state index >= 15 is 0 Å². The molecule has 3 aromatic rings. The summed E-state index contributed by atoms with van der Waals surface area (Å²) < 4.78 is 81.8. The van der Waals surface area contributed by atoms with E-state index in [0.29, 0.717) is 32.5 Å². The maximum Gasteiger partial charge on any atom is 0.416 e. The van der Waals surface area contributed by atoms with Gasteiger partial charge in [-0.15, -0.1) is 0 Å². The molecular weight excluding hydrogens is 625 g/mol. The summed E-state index contributed by atoms with van der Waals surface area (Å²) in [6, 6.07) is 7.51. The second-order valence-corrected chi connectivity index (χ2v) is 10.8. The van der Waals surface area contributed by atoms with Gasteiger partial charge in [-0.3, -0.25) is 9.59 Å². The highest BCUT2D eigenvalue weighted by Crippen LogP contribution is 2.45. The maximum absolute atomic E-state index is 14.0. The molecule has 11 heteroatoms. The van der Waals surface area contributed by atoms with Crippen LogP contribution in [0.4, 0.5) is 32.0 Å². The topological polar surface area (TPSA) is 49.4 Å². The van der Waals surface area contributed by atoms with Crippen molar-refractivity contribution in [1.82, 2.24) is 5.32 Å². The second-order valence-electron chi connectivity index (χ2n) is 9.60. The largest absolute Gasteiger partial charge is 0.416 e. The van der Waals surface area contributed by atoms with Crippen molar-refractivity contribution in [2.45, 2.75) is 45.5 Å². The zero-order valence-electron chi connectivity index (χ0n) is 20.4. The SMILES string of the molecule is Cc1cc(CN2C(=O)C(C)(C)c3c(I)cc(C(=O)NCc4c(F)cc(F)cc4F)cc32)cc(C(F)(F)F)c1. The van der Waals surface area contributed by atoms with E-state index < -0.39 is 52.6 Å². The van der Waals surface area contributed by atoms with Crippen LogP contribution >= 0.6 is 22.6 Å². The predicted octanol–water partition coefficient (Wildman–Crippen LogP) is 6.79. The van der Waals surface area contributed by atoms with Crippen LogP contribution in [0.3, 0.4) is 0 Å². The van der Waals surface area contributed by atoms with Gasteiger partial charge >= 0.3 is 6.18 Å². The van der Waals surface area contributed by atoms with E-state index in [4.69, 9.17) is 0 Å². The van der Waals surface area contributed by atoms with Crippen molar-refractivity contribution >= 4 is 40.1 Å². The van der Waals surface area contributed by atoms with Gasteiger partial charge in [0.1, 0.15) is 17.5 Å². The first-order valence-electron chi connectivity index (χ1n) is 11.3. The third-order valence-corrected chi connectivity index (χ3v) is 7.21. The van der Waals surface area contributed by atoms with Crippen LogP contribution < -0.4 is 10.2 Å². The first kappa shape index (κ1) is 27.9. The van der Waals surface area contributed by atoms with Crippen molar-refractivity contribution < 1.29 is 35.9 Å². The summed E-state index contributed by atoms with van der Waals surface area (Å²) in [5.41, 5.74) is -0.685. The molecule has 0 atom stereocenters. The quantitative estimate of drug-likeness (QED) is 0.245. The zero-order chi connectivity index (χ0) is 28.2. The number of anilines is 1. The van der Waals surface area contributed by atoms with E-state index in [2.05, 4.69) is 5.32 Å². The molecule has 0 aromatic heterocycles. The first-order valence-corrected chi connectivity index (χ1v) is 12.4. The number of carbonyl (C=O) groups excluding carboxylic acids is 2. The van der Waals surface area contributed by atoms with Gasteiger partial charge in [0, 0.05) is 38.9 Å². The van der Waals surface area contributed by atoms with E-state index in [1.54, 1.807) is 19.9 Å². The summed E-state index contributed by atoms with van der Waals surface area (Å²) >= 11 is 1.97. The molecule has 1 N–H and O–H groups in total. The van der Waals surface area contributed by atoms with Crippen LogP contribution in [0, 0.1) is 27.9 Å². The number of rotatable bonds is 5. The number of amides is 2. The molecule has 1 aliphatic rings. The molecule has 4 rings (SSSR count). The minimum Gasteiger partial charge on any atom is -0.348 e. The summed E-state index contributed by atoms with van der Waals surface area (Å²) in [5.74, 6) is -4.46. The molecule has 0 saturated heterocycles. The Morgan fingerprint density at radius 3 is 2.24 bits per heavy atom. The van der Waals surface area contributed by atoms with Crippen LogP contribution in [0.1, 0.15) is 52.0 Å².